The van der Waals surface area contributed by atoms with Crippen molar-refractivity contribution in [3.63, 3.8) is 0 Å². The molecule has 1 aliphatic heterocycles. The Morgan fingerprint density at radius 1 is 1.54 bits per heavy atom. The van der Waals surface area contributed by atoms with E-state index in [4.69, 9.17) is 9.47 Å². The molecular formula is C11H20O2. The van der Waals surface area contributed by atoms with Crippen LogP contribution in [0.3, 0.4) is 0 Å². The highest BCUT2D eigenvalue weighted by Gasteiger charge is 2.12. The Morgan fingerprint density at radius 2 is 2.38 bits per heavy atom. The van der Waals surface area contributed by atoms with Crippen LogP contribution in [0.4, 0.5) is 0 Å². The van der Waals surface area contributed by atoms with Gasteiger partial charge in [-0.3, -0.25) is 0 Å². The third-order valence-corrected chi connectivity index (χ3v) is 2.41. The number of hydrogen-bond donors (Lipinski definition) is 0. The molecule has 13 heavy (non-hydrogen) atoms. The standard InChI is InChI=1S/C11H20O2/c1-3-10(2)7-9-13-11-6-4-5-8-12-11/h7,11H,3-6,8-9H2,1-2H3/b10-7+. The molecule has 0 amide bonds. The zero-order valence-corrected chi connectivity index (χ0v) is 8.71. The molecule has 0 radical (unpaired) electrons. The third kappa shape index (κ3) is 4.44. The first-order valence-electron chi connectivity index (χ1n) is 5.21. The summed E-state index contributed by atoms with van der Waals surface area (Å²) >= 11 is 0. The number of rotatable bonds is 4. The zero-order chi connectivity index (χ0) is 9.52. The fraction of sp³-hybridized carbons (Fsp3) is 0.818. The molecular weight excluding hydrogens is 164 g/mol. The van der Waals surface area contributed by atoms with E-state index >= 15 is 0 Å². The van der Waals surface area contributed by atoms with Crippen molar-refractivity contribution in [1.29, 1.82) is 0 Å². The fourth-order valence-electron chi connectivity index (χ4n) is 1.28. The lowest BCUT2D eigenvalue weighted by Crippen LogP contribution is -2.22. The summed E-state index contributed by atoms with van der Waals surface area (Å²) in [5.41, 5.74) is 1.39. The average Bonchev–Trinajstić information content (AvgIpc) is 2.19. The van der Waals surface area contributed by atoms with E-state index in [0.29, 0.717) is 6.61 Å². The molecule has 2 heteroatoms. The van der Waals surface area contributed by atoms with Crippen molar-refractivity contribution in [1.82, 2.24) is 0 Å². The molecule has 1 heterocycles. The molecule has 0 aromatic heterocycles. The molecule has 1 aliphatic rings. The van der Waals surface area contributed by atoms with Gasteiger partial charge in [0.05, 0.1) is 6.61 Å². The Balaban J connectivity index is 2.10. The number of allylic oxidation sites excluding steroid dienone is 1. The van der Waals surface area contributed by atoms with Crippen LogP contribution >= 0.6 is 0 Å². The van der Waals surface area contributed by atoms with Gasteiger partial charge in [0.1, 0.15) is 0 Å². The molecule has 1 unspecified atom stereocenters. The molecule has 1 rings (SSSR count). The smallest absolute Gasteiger partial charge is 0.157 e. The maximum absolute atomic E-state index is 5.56. The zero-order valence-electron chi connectivity index (χ0n) is 8.71. The Labute approximate surface area is 80.9 Å². The summed E-state index contributed by atoms with van der Waals surface area (Å²) in [7, 11) is 0. The lowest BCUT2D eigenvalue weighted by Gasteiger charge is -2.22. The first kappa shape index (κ1) is 10.7. The molecule has 0 N–H and O–H groups in total. The van der Waals surface area contributed by atoms with E-state index in [1.54, 1.807) is 0 Å². The van der Waals surface area contributed by atoms with Gasteiger partial charge in [0.15, 0.2) is 6.29 Å². The van der Waals surface area contributed by atoms with Crippen molar-refractivity contribution < 1.29 is 9.47 Å². The summed E-state index contributed by atoms with van der Waals surface area (Å²) in [5, 5.41) is 0. The summed E-state index contributed by atoms with van der Waals surface area (Å²) in [6, 6.07) is 0. The SMILES string of the molecule is CC/C(C)=C/COC1CCCCO1. The van der Waals surface area contributed by atoms with Crippen molar-refractivity contribution in [2.75, 3.05) is 13.2 Å². The van der Waals surface area contributed by atoms with Gasteiger partial charge in [-0.05, 0) is 32.6 Å². The van der Waals surface area contributed by atoms with Gasteiger partial charge >= 0.3 is 0 Å². The topological polar surface area (TPSA) is 18.5 Å². The van der Waals surface area contributed by atoms with Gasteiger partial charge in [0.2, 0.25) is 0 Å². The Kier molecular flexibility index (Phi) is 5.09. The van der Waals surface area contributed by atoms with Crippen molar-refractivity contribution in [2.45, 2.75) is 45.8 Å². The molecule has 1 saturated heterocycles. The van der Waals surface area contributed by atoms with E-state index in [1.165, 1.54) is 18.4 Å². The van der Waals surface area contributed by atoms with Crippen molar-refractivity contribution in [3.05, 3.63) is 11.6 Å². The first-order chi connectivity index (χ1) is 6.33. The van der Waals surface area contributed by atoms with E-state index in [-0.39, 0.29) is 6.29 Å². The van der Waals surface area contributed by atoms with Crippen LogP contribution in [0.1, 0.15) is 39.5 Å². The van der Waals surface area contributed by atoms with Gasteiger partial charge in [-0.25, -0.2) is 0 Å². The van der Waals surface area contributed by atoms with Crippen molar-refractivity contribution in [2.24, 2.45) is 0 Å². The molecule has 0 saturated carbocycles. The Hall–Kier alpha value is -0.340. The lowest BCUT2D eigenvalue weighted by molar-refractivity contribution is -0.155. The Morgan fingerprint density at radius 3 is 3.00 bits per heavy atom. The van der Waals surface area contributed by atoms with Crippen LogP contribution in [0.2, 0.25) is 0 Å². The van der Waals surface area contributed by atoms with Crippen molar-refractivity contribution in [3.8, 4) is 0 Å². The quantitative estimate of drug-likeness (QED) is 0.625. The predicted molar refractivity (Wildman–Crippen MR) is 53.6 cm³/mol. The second kappa shape index (κ2) is 6.17. The summed E-state index contributed by atoms with van der Waals surface area (Å²) in [6.07, 6.45) is 6.77. The van der Waals surface area contributed by atoms with Crippen LogP contribution < -0.4 is 0 Å². The molecule has 2 nitrogen and oxygen atoms in total. The molecule has 0 aromatic carbocycles. The van der Waals surface area contributed by atoms with Crippen LogP contribution in [0.25, 0.3) is 0 Å². The largest absolute Gasteiger partial charge is 0.353 e. The lowest BCUT2D eigenvalue weighted by atomic mass is 10.2. The highest BCUT2D eigenvalue weighted by molar-refractivity contribution is 4.96. The molecule has 1 atom stereocenters. The Bertz CT molecular complexity index is 157. The monoisotopic (exact) mass is 184 g/mol. The van der Waals surface area contributed by atoms with E-state index in [1.807, 2.05) is 0 Å². The first-order valence-corrected chi connectivity index (χ1v) is 5.21. The van der Waals surface area contributed by atoms with Gasteiger partial charge in [-0.2, -0.15) is 0 Å². The van der Waals surface area contributed by atoms with Crippen LogP contribution in [0.15, 0.2) is 11.6 Å². The molecule has 76 valence electrons. The predicted octanol–water partition coefficient (Wildman–Crippen LogP) is 2.89. The molecule has 0 aromatic rings. The van der Waals surface area contributed by atoms with Crippen molar-refractivity contribution >= 4 is 0 Å². The minimum absolute atomic E-state index is 0.0506. The van der Waals surface area contributed by atoms with Gasteiger partial charge < -0.3 is 9.47 Å². The van der Waals surface area contributed by atoms with E-state index in [0.717, 1.165) is 19.4 Å². The minimum Gasteiger partial charge on any atom is -0.353 e. The van der Waals surface area contributed by atoms with E-state index < -0.39 is 0 Å². The summed E-state index contributed by atoms with van der Waals surface area (Å²) in [6.45, 7) is 5.85. The number of hydrogen-bond acceptors (Lipinski definition) is 2. The maximum atomic E-state index is 5.56. The summed E-state index contributed by atoms with van der Waals surface area (Å²) in [4.78, 5) is 0. The van der Waals surface area contributed by atoms with Crippen LogP contribution in [0.5, 0.6) is 0 Å². The van der Waals surface area contributed by atoms with E-state index in [9.17, 15) is 0 Å². The second-order valence-electron chi connectivity index (χ2n) is 3.53. The number of ether oxygens (including phenoxy) is 2. The average molecular weight is 184 g/mol. The summed E-state index contributed by atoms with van der Waals surface area (Å²) in [5.74, 6) is 0. The van der Waals surface area contributed by atoms with Gasteiger partial charge in [0, 0.05) is 6.61 Å². The highest BCUT2D eigenvalue weighted by Crippen LogP contribution is 2.13. The molecule has 0 aliphatic carbocycles. The minimum atomic E-state index is 0.0506. The van der Waals surface area contributed by atoms with Crippen LogP contribution in [-0.4, -0.2) is 19.5 Å². The third-order valence-electron chi connectivity index (χ3n) is 2.41. The molecule has 1 fully saturated rings. The normalized spacial score (nSPS) is 24.8. The van der Waals surface area contributed by atoms with Crippen LogP contribution in [0, 0.1) is 0 Å². The maximum Gasteiger partial charge on any atom is 0.157 e. The molecule has 0 bridgehead atoms. The van der Waals surface area contributed by atoms with Gasteiger partial charge in [0.25, 0.3) is 0 Å². The van der Waals surface area contributed by atoms with Crippen LogP contribution in [-0.2, 0) is 9.47 Å². The van der Waals surface area contributed by atoms with E-state index in [2.05, 4.69) is 19.9 Å². The second-order valence-corrected chi connectivity index (χ2v) is 3.53. The van der Waals surface area contributed by atoms with Gasteiger partial charge in [-0.1, -0.05) is 18.6 Å². The highest BCUT2D eigenvalue weighted by atomic mass is 16.7. The molecule has 0 spiro atoms. The summed E-state index contributed by atoms with van der Waals surface area (Å²) < 4.78 is 11.0. The fourth-order valence-corrected chi connectivity index (χ4v) is 1.28. The van der Waals surface area contributed by atoms with Gasteiger partial charge in [-0.15, -0.1) is 0 Å².